The summed E-state index contributed by atoms with van der Waals surface area (Å²) in [5, 5.41) is 0. The van der Waals surface area contributed by atoms with Gasteiger partial charge in [-0.1, -0.05) is 0 Å². The number of hydrogen-bond donors (Lipinski definition) is 0. The second-order valence-electron chi connectivity index (χ2n) is 2.52. The van der Waals surface area contributed by atoms with Crippen LogP contribution in [-0.4, -0.2) is 33.6 Å². The van der Waals surface area contributed by atoms with Crippen molar-refractivity contribution in [1.29, 1.82) is 0 Å². The van der Waals surface area contributed by atoms with Gasteiger partial charge in [-0.2, -0.15) is 0 Å². The number of ether oxygens (including phenoxy) is 1. The molecule has 63 valence electrons. The third-order valence-corrected chi connectivity index (χ3v) is 1.61. The van der Waals surface area contributed by atoms with Gasteiger partial charge < -0.3 is 14.0 Å². The minimum absolute atomic E-state index is 0.284. The van der Waals surface area contributed by atoms with Crippen LogP contribution in [0.2, 0.25) is 0 Å². The van der Waals surface area contributed by atoms with E-state index in [4.69, 9.17) is 14.0 Å². The summed E-state index contributed by atoms with van der Waals surface area (Å²) in [7, 11) is 1.39. The third kappa shape index (κ3) is 3.75. The lowest BCUT2D eigenvalue weighted by atomic mass is 10.2. The second kappa shape index (κ2) is 5.58. The highest BCUT2D eigenvalue weighted by Crippen LogP contribution is 2.11. The van der Waals surface area contributed by atoms with E-state index in [2.05, 4.69) is 0 Å². The first kappa shape index (κ1) is 9.04. The van der Waals surface area contributed by atoms with Gasteiger partial charge in [-0.25, -0.2) is 0 Å². The average molecular weight is 157 g/mol. The Hall–Kier alpha value is -0.0551. The lowest BCUT2D eigenvalue weighted by molar-refractivity contribution is 0.0609. The lowest BCUT2D eigenvalue weighted by Crippen LogP contribution is -2.17. The normalized spacial score (nSPS) is 23.9. The molecule has 1 aliphatic heterocycles. The minimum Gasteiger partial charge on any atom is -0.414 e. The molecule has 1 atom stereocenters. The molecule has 1 heterocycles. The zero-order chi connectivity index (χ0) is 7.94. The van der Waals surface area contributed by atoms with Gasteiger partial charge in [-0.05, 0) is 19.8 Å². The maximum atomic E-state index is 5.33. The van der Waals surface area contributed by atoms with Crippen molar-refractivity contribution < 1.29 is 14.0 Å². The first-order chi connectivity index (χ1) is 5.43. The van der Waals surface area contributed by atoms with E-state index < -0.39 is 0 Å². The van der Waals surface area contributed by atoms with E-state index in [-0.39, 0.29) is 6.10 Å². The molecule has 1 radical (unpaired) electrons. The van der Waals surface area contributed by atoms with Crippen molar-refractivity contribution in [3.05, 3.63) is 0 Å². The van der Waals surface area contributed by atoms with E-state index in [9.17, 15) is 0 Å². The lowest BCUT2D eigenvalue weighted by Gasteiger charge is -2.08. The molecule has 1 rings (SSSR count). The van der Waals surface area contributed by atoms with Crippen molar-refractivity contribution >= 4 is 7.69 Å². The van der Waals surface area contributed by atoms with Crippen molar-refractivity contribution in [2.45, 2.75) is 25.9 Å². The number of hydrogen-bond acceptors (Lipinski definition) is 3. The van der Waals surface area contributed by atoms with Crippen LogP contribution in [0.25, 0.3) is 0 Å². The fourth-order valence-corrected chi connectivity index (χ4v) is 1.04. The van der Waals surface area contributed by atoms with Crippen LogP contribution in [0, 0.1) is 0 Å². The molecule has 0 aromatic rings. The molecular weight excluding hydrogens is 143 g/mol. The summed E-state index contributed by atoms with van der Waals surface area (Å²) in [4.78, 5) is 0. The maximum Gasteiger partial charge on any atom is 0.488 e. The molecule has 1 fully saturated rings. The molecule has 1 saturated heterocycles. The van der Waals surface area contributed by atoms with Gasteiger partial charge in [0, 0.05) is 13.2 Å². The van der Waals surface area contributed by atoms with Gasteiger partial charge in [0.05, 0.1) is 12.7 Å². The first-order valence-corrected chi connectivity index (χ1v) is 4.10. The van der Waals surface area contributed by atoms with Crippen molar-refractivity contribution in [3.8, 4) is 0 Å². The van der Waals surface area contributed by atoms with Gasteiger partial charge in [0.15, 0.2) is 0 Å². The Kier molecular flexibility index (Phi) is 4.58. The Morgan fingerprint density at radius 2 is 2.45 bits per heavy atom. The second-order valence-corrected chi connectivity index (χ2v) is 2.52. The Bertz CT molecular complexity index is 93.7. The van der Waals surface area contributed by atoms with Crippen LogP contribution < -0.4 is 0 Å². The fraction of sp³-hybridized carbons (Fsp3) is 1.00. The maximum absolute atomic E-state index is 5.33. The Labute approximate surface area is 68.3 Å². The van der Waals surface area contributed by atoms with Crippen molar-refractivity contribution in [2.24, 2.45) is 0 Å². The van der Waals surface area contributed by atoms with Crippen LogP contribution in [0.5, 0.6) is 0 Å². The van der Waals surface area contributed by atoms with Gasteiger partial charge in [-0.15, -0.1) is 0 Å². The zero-order valence-electron chi connectivity index (χ0n) is 6.91. The average Bonchev–Trinajstić information content (AvgIpc) is 2.50. The quantitative estimate of drug-likeness (QED) is 0.435. The van der Waals surface area contributed by atoms with E-state index in [1.807, 2.05) is 6.92 Å². The van der Waals surface area contributed by atoms with E-state index in [1.54, 1.807) is 0 Å². The predicted molar refractivity (Wildman–Crippen MR) is 42.3 cm³/mol. The molecule has 0 amide bonds. The Balaban J connectivity index is 1.86. The summed E-state index contributed by atoms with van der Waals surface area (Å²) in [5.41, 5.74) is 0. The van der Waals surface area contributed by atoms with Crippen LogP contribution >= 0.6 is 0 Å². The summed E-state index contributed by atoms with van der Waals surface area (Å²) in [5.74, 6) is 0. The molecule has 4 heteroatoms. The van der Waals surface area contributed by atoms with E-state index >= 15 is 0 Å². The van der Waals surface area contributed by atoms with E-state index in [0.29, 0.717) is 13.2 Å². The first-order valence-electron chi connectivity index (χ1n) is 4.10. The van der Waals surface area contributed by atoms with Crippen LogP contribution in [-0.2, 0) is 14.0 Å². The van der Waals surface area contributed by atoms with Gasteiger partial charge >= 0.3 is 7.69 Å². The Morgan fingerprint density at radius 3 is 3.09 bits per heavy atom. The van der Waals surface area contributed by atoms with Crippen LogP contribution in [0.4, 0.5) is 0 Å². The SMILES string of the molecule is CCO[B]OCC1CCCO1. The van der Waals surface area contributed by atoms with Gasteiger partial charge in [0.2, 0.25) is 0 Å². The molecule has 0 bridgehead atoms. The molecule has 1 unspecified atom stereocenters. The highest BCUT2D eigenvalue weighted by Gasteiger charge is 2.15. The van der Waals surface area contributed by atoms with Crippen LogP contribution in [0.15, 0.2) is 0 Å². The molecular formula is C7H14BO3. The van der Waals surface area contributed by atoms with E-state index in [1.165, 1.54) is 7.69 Å². The van der Waals surface area contributed by atoms with Crippen molar-refractivity contribution in [1.82, 2.24) is 0 Å². The molecule has 1 aliphatic rings. The molecule has 0 aromatic heterocycles. The summed E-state index contributed by atoms with van der Waals surface area (Å²) in [6.45, 7) is 4.08. The zero-order valence-corrected chi connectivity index (χ0v) is 6.91. The fourth-order valence-electron chi connectivity index (χ4n) is 1.04. The van der Waals surface area contributed by atoms with E-state index in [0.717, 1.165) is 19.4 Å². The van der Waals surface area contributed by atoms with Crippen molar-refractivity contribution in [3.63, 3.8) is 0 Å². The third-order valence-electron chi connectivity index (χ3n) is 1.61. The topological polar surface area (TPSA) is 27.7 Å². The van der Waals surface area contributed by atoms with Gasteiger partial charge in [0.1, 0.15) is 0 Å². The molecule has 0 saturated carbocycles. The highest BCUT2D eigenvalue weighted by molar-refractivity contribution is 6.17. The largest absolute Gasteiger partial charge is 0.488 e. The monoisotopic (exact) mass is 157 g/mol. The summed E-state index contributed by atoms with van der Waals surface area (Å²) in [6.07, 6.45) is 2.55. The van der Waals surface area contributed by atoms with Crippen LogP contribution in [0.3, 0.4) is 0 Å². The molecule has 3 nitrogen and oxygen atoms in total. The highest BCUT2D eigenvalue weighted by atomic mass is 16.6. The standard InChI is InChI=1S/C7H14BO3/c1-2-10-8-11-6-7-4-3-5-9-7/h7H,2-6H2,1H3. The van der Waals surface area contributed by atoms with Gasteiger partial charge in [-0.3, -0.25) is 0 Å². The molecule has 0 aliphatic carbocycles. The summed E-state index contributed by atoms with van der Waals surface area (Å²) in [6, 6.07) is 0. The summed E-state index contributed by atoms with van der Waals surface area (Å²) >= 11 is 0. The molecule has 0 N–H and O–H groups in total. The molecule has 11 heavy (non-hydrogen) atoms. The van der Waals surface area contributed by atoms with Crippen molar-refractivity contribution in [2.75, 3.05) is 19.8 Å². The molecule has 0 spiro atoms. The smallest absolute Gasteiger partial charge is 0.414 e. The molecule has 0 aromatic carbocycles. The minimum atomic E-state index is 0.284. The number of rotatable bonds is 5. The Morgan fingerprint density at radius 1 is 1.55 bits per heavy atom. The van der Waals surface area contributed by atoms with Gasteiger partial charge in [0.25, 0.3) is 0 Å². The van der Waals surface area contributed by atoms with Crippen LogP contribution in [0.1, 0.15) is 19.8 Å². The summed E-state index contributed by atoms with van der Waals surface area (Å²) < 4.78 is 15.3. The predicted octanol–water partition coefficient (Wildman–Crippen LogP) is 0.753.